The fourth-order valence-electron chi connectivity index (χ4n) is 2.21. The maximum Gasteiger partial charge on any atom is 0.315 e. The molecular weight excluding hydrogens is 342 g/mol. The number of rotatable bonds is 4. The zero-order chi connectivity index (χ0) is 17.0. The van der Waals surface area contributed by atoms with E-state index >= 15 is 0 Å². The Morgan fingerprint density at radius 3 is 2.70 bits per heavy atom. The molecule has 2 unspecified atom stereocenters. The van der Waals surface area contributed by atoms with Crippen LogP contribution in [0.5, 0.6) is 0 Å². The zero-order valence-corrected chi connectivity index (χ0v) is 14.1. The molecule has 0 radical (unpaired) electrons. The highest BCUT2D eigenvalue weighted by molar-refractivity contribution is 7.91. The highest BCUT2D eigenvalue weighted by atomic mass is 35.5. The quantitative estimate of drug-likeness (QED) is 0.750. The minimum atomic E-state index is -3.06. The molecule has 1 aromatic carbocycles. The van der Waals surface area contributed by atoms with E-state index in [2.05, 4.69) is 16.0 Å². The number of hydrogen-bond acceptors (Lipinski definition) is 4. The first-order valence-electron chi connectivity index (χ1n) is 7.09. The van der Waals surface area contributed by atoms with Crippen molar-refractivity contribution in [1.29, 1.82) is 0 Å². The highest BCUT2D eigenvalue weighted by Crippen LogP contribution is 2.15. The summed E-state index contributed by atoms with van der Waals surface area (Å²) >= 11 is 5.83. The molecule has 1 aromatic rings. The van der Waals surface area contributed by atoms with E-state index in [0.717, 1.165) is 0 Å². The zero-order valence-electron chi connectivity index (χ0n) is 12.5. The number of carbonyl (C=O) groups is 2. The lowest BCUT2D eigenvalue weighted by atomic mass is 10.2. The molecule has 0 bridgehead atoms. The molecule has 3 amide bonds. The monoisotopic (exact) mass is 359 g/mol. The van der Waals surface area contributed by atoms with Gasteiger partial charge in [-0.25, -0.2) is 13.2 Å². The maximum atomic E-state index is 12.0. The second-order valence-corrected chi connectivity index (χ2v) is 8.10. The Kier molecular flexibility index (Phi) is 5.48. The van der Waals surface area contributed by atoms with Crippen molar-refractivity contribution in [3.05, 3.63) is 29.3 Å². The largest absolute Gasteiger partial charge is 0.334 e. The normalized spacial score (nSPS) is 20.5. The number of nitrogens with one attached hydrogen (secondary N) is 3. The predicted molar refractivity (Wildman–Crippen MR) is 88.3 cm³/mol. The predicted octanol–water partition coefficient (Wildman–Crippen LogP) is 1.15. The highest BCUT2D eigenvalue weighted by Gasteiger charge is 2.29. The minimum absolute atomic E-state index is 0.0660. The summed E-state index contributed by atoms with van der Waals surface area (Å²) in [5.41, 5.74) is 0.526. The average molecular weight is 360 g/mol. The lowest BCUT2D eigenvalue weighted by Gasteiger charge is -2.17. The Morgan fingerprint density at radius 2 is 2.09 bits per heavy atom. The molecule has 0 aliphatic carbocycles. The molecule has 1 fully saturated rings. The number of benzene rings is 1. The molecular formula is C14H18ClN3O4S. The Hall–Kier alpha value is -1.80. The van der Waals surface area contributed by atoms with E-state index in [4.69, 9.17) is 11.6 Å². The number of anilines is 1. The van der Waals surface area contributed by atoms with Crippen LogP contribution in [0.4, 0.5) is 10.5 Å². The number of amides is 3. The van der Waals surface area contributed by atoms with Gasteiger partial charge in [0.05, 0.1) is 11.5 Å². The summed E-state index contributed by atoms with van der Waals surface area (Å²) in [6.45, 7) is 1.53. The van der Waals surface area contributed by atoms with Crippen molar-refractivity contribution in [2.24, 2.45) is 0 Å². The molecule has 0 aromatic heterocycles. The van der Waals surface area contributed by atoms with Gasteiger partial charge in [0.2, 0.25) is 5.91 Å². The van der Waals surface area contributed by atoms with Gasteiger partial charge >= 0.3 is 6.03 Å². The molecule has 23 heavy (non-hydrogen) atoms. The van der Waals surface area contributed by atoms with Crippen LogP contribution in [-0.4, -0.2) is 43.9 Å². The summed E-state index contributed by atoms with van der Waals surface area (Å²) in [5.74, 6) is -0.395. The van der Waals surface area contributed by atoms with Gasteiger partial charge in [-0.15, -0.1) is 0 Å². The van der Waals surface area contributed by atoms with Gasteiger partial charge in [0.25, 0.3) is 0 Å². The van der Waals surface area contributed by atoms with Crippen LogP contribution in [0.2, 0.25) is 5.02 Å². The molecule has 1 heterocycles. The standard InChI is InChI=1S/C14H18ClN3O4S/c1-9(13(19)17-11-4-2-3-10(15)7-11)16-14(20)18-12-5-6-23(21,22)8-12/h2-4,7,9,12H,5-6,8H2,1H3,(H,17,19)(H2,16,18,20). The van der Waals surface area contributed by atoms with E-state index in [0.29, 0.717) is 17.1 Å². The summed E-state index contributed by atoms with van der Waals surface area (Å²) < 4.78 is 22.7. The topological polar surface area (TPSA) is 104 Å². The lowest BCUT2D eigenvalue weighted by molar-refractivity contribution is -0.117. The van der Waals surface area contributed by atoms with Crippen molar-refractivity contribution >= 4 is 39.1 Å². The van der Waals surface area contributed by atoms with E-state index < -0.39 is 33.9 Å². The van der Waals surface area contributed by atoms with Gasteiger partial charge in [0, 0.05) is 16.8 Å². The van der Waals surface area contributed by atoms with Gasteiger partial charge in [0.1, 0.15) is 6.04 Å². The molecule has 126 valence electrons. The second kappa shape index (κ2) is 7.18. The van der Waals surface area contributed by atoms with Crippen LogP contribution in [0.25, 0.3) is 0 Å². The molecule has 2 rings (SSSR count). The smallest absolute Gasteiger partial charge is 0.315 e. The molecule has 2 atom stereocenters. The van der Waals surface area contributed by atoms with E-state index in [-0.39, 0.29) is 11.5 Å². The van der Waals surface area contributed by atoms with Crippen molar-refractivity contribution in [1.82, 2.24) is 10.6 Å². The van der Waals surface area contributed by atoms with Gasteiger partial charge in [-0.1, -0.05) is 17.7 Å². The molecule has 9 heteroatoms. The van der Waals surface area contributed by atoms with Crippen molar-refractivity contribution in [2.45, 2.75) is 25.4 Å². The summed E-state index contributed by atoms with van der Waals surface area (Å²) in [6.07, 6.45) is 0.388. The Bertz CT molecular complexity index is 708. The summed E-state index contributed by atoms with van der Waals surface area (Å²) in [7, 11) is -3.06. The van der Waals surface area contributed by atoms with Crippen LogP contribution in [0.3, 0.4) is 0 Å². The molecule has 1 saturated heterocycles. The third-order valence-corrected chi connectivity index (χ3v) is 5.40. The maximum absolute atomic E-state index is 12.0. The fourth-order valence-corrected chi connectivity index (χ4v) is 4.08. The molecule has 1 aliphatic heterocycles. The Balaban J connectivity index is 1.82. The van der Waals surface area contributed by atoms with E-state index in [1.54, 1.807) is 24.3 Å². The first-order valence-corrected chi connectivity index (χ1v) is 9.29. The summed E-state index contributed by atoms with van der Waals surface area (Å²) in [5, 5.41) is 8.16. The van der Waals surface area contributed by atoms with Gasteiger partial charge in [-0.05, 0) is 31.5 Å². The van der Waals surface area contributed by atoms with E-state index in [1.165, 1.54) is 6.92 Å². The SMILES string of the molecule is CC(NC(=O)NC1CCS(=O)(=O)C1)C(=O)Nc1cccc(Cl)c1. The number of sulfone groups is 1. The van der Waals surface area contributed by atoms with Crippen LogP contribution in [0.15, 0.2) is 24.3 Å². The number of urea groups is 1. The number of carbonyl (C=O) groups excluding carboxylic acids is 2. The Labute approximate surface area is 139 Å². The molecule has 3 N–H and O–H groups in total. The van der Waals surface area contributed by atoms with Gasteiger partial charge < -0.3 is 16.0 Å². The minimum Gasteiger partial charge on any atom is -0.334 e. The van der Waals surface area contributed by atoms with Crippen LogP contribution in [0, 0.1) is 0 Å². The van der Waals surface area contributed by atoms with Crippen molar-refractivity contribution in [2.75, 3.05) is 16.8 Å². The second-order valence-electron chi connectivity index (χ2n) is 5.44. The third kappa shape index (κ3) is 5.40. The number of hydrogen-bond donors (Lipinski definition) is 3. The van der Waals surface area contributed by atoms with Crippen LogP contribution < -0.4 is 16.0 Å². The van der Waals surface area contributed by atoms with Crippen LogP contribution >= 0.6 is 11.6 Å². The van der Waals surface area contributed by atoms with Crippen LogP contribution in [-0.2, 0) is 14.6 Å². The molecule has 1 aliphatic rings. The van der Waals surface area contributed by atoms with Gasteiger partial charge in [-0.3, -0.25) is 4.79 Å². The van der Waals surface area contributed by atoms with Crippen LogP contribution in [0.1, 0.15) is 13.3 Å². The first-order chi connectivity index (χ1) is 10.7. The third-order valence-electron chi connectivity index (χ3n) is 3.40. The number of halogens is 1. The first kappa shape index (κ1) is 17.6. The summed E-state index contributed by atoms with van der Waals surface area (Å²) in [6, 6.07) is 4.89. The van der Waals surface area contributed by atoms with E-state index in [1.807, 2.05) is 0 Å². The average Bonchev–Trinajstić information content (AvgIpc) is 2.77. The lowest BCUT2D eigenvalue weighted by Crippen LogP contribution is -2.49. The van der Waals surface area contributed by atoms with E-state index in [9.17, 15) is 18.0 Å². The Morgan fingerprint density at radius 1 is 1.35 bits per heavy atom. The molecule has 0 spiro atoms. The van der Waals surface area contributed by atoms with Crippen molar-refractivity contribution in [3.8, 4) is 0 Å². The summed E-state index contributed by atoms with van der Waals surface area (Å²) in [4.78, 5) is 23.8. The fraction of sp³-hybridized carbons (Fsp3) is 0.429. The molecule has 7 nitrogen and oxygen atoms in total. The van der Waals surface area contributed by atoms with Gasteiger partial charge in [0.15, 0.2) is 9.84 Å². The van der Waals surface area contributed by atoms with Crippen molar-refractivity contribution < 1.29 is 18.0 Å². The van der Waals surface area contributed by atoms with Gasteiger partial charge in [-0.2, -0.15) is 0 Å². The molecule has 0 saturated carbocycles. The van der Waals surface area contributed by atoms with Crippen molar-refractivity contribution in [3.63, 3.8) is 0 Å².